The van der Waals surface area contributed by atoms with Crippen molar-refractivity contribution in [3.05, 3.63) is 78.0 Å². The minimum Gasteiger partial charge on any atom is -0.409 e. The molecule has 2 aromatic rings. The molecule has 0 atom stereocenters. The molecule has 1 amide bonds. The van der Waals surface area contributed by atoms with Gasteiger partial charge in [-0.2, -0.15) is 0 Å². The largest absolute Gasteiger partial charge is 0.414 e. The second kappa shape index (κ2) is 10.6. The van der Waals surface area contributed by atoms with Crippen molar-refractivity contribution in [1.82, 2.24) is 14.7 Å². The van der Waals surface area contributed by atoms with Crippen molar-refractivity contribution >= 4 is 11.9 Å². The van der Waals surface area contributed by atoms with Crippen molar-refractivity contribution < 1.29 is 14.3 Å². The highest BCUT2D eigenvalue weighted by Crippen LogP contribution is 2.20. The maximum Gasteiger partial charge on any atom is 0.414 e. The lowest BCUT2D eigenvalue weighted by Crippen LogP contribution is -2.43. The fourth-order valence-electron chi connectivity index (χ4n) is 3.24. The quantitative estimate of drug-likeness (QED) is 0.518. The molecule has 6 nitrogen and oxygen atoms in total. The van der Waals surface area contributed by atoms with Crippen molar-refractivity contribution in [3.63, 3.8) is 0 Å². The van der Waals surface area contributed by atoms with E-state index in [-0.39, 0.29) is 11.5 Å². The Hall–Kier alpha value is -3.12. The molecule has 1 heterocycles. The molecule has 1 saturated heterocycles. The van der Waals surface area contributed by atoms with Crippen molar-refractivity contribution in [1.29, 1.82) is 0 Å². The lowest BCUT2D eigenvalue weighted by molar-refractivity contribution is 0.104. The molecule has 1 aliphatic rings. The lowest BCUT2D eigenvalue weighted by atomic mass is 10.1. The summed E-state index contributed by atoms with van der Waals surface area (Å²) in [5, 5.41) is 0. The van der Waals surface area contributed by atoms with Gasteiger partial charge in [0.1, 0.15) is 5.75 Å². The molecule has 0 N–H and O–H groups in total. The third-order valence-corrected chi connectivity index (χ3v) is 5.23. The van der Waals surface area contributed by atoms with Gasteiger partial charge >= 0.3 is 6.09 Å². The average Bonchev–Trinajstić information content (AvgIpc) is 2.79. The van der Waals surface area contributed by atoms with Gasteiger partial charge in [0.25, 0.3) is 0 Å². The number of piperazine rings is 1. The highest BCUT2D eigenvalue weighted by Gasteiger charge is 2.17. The molecule has 0 radical (unpaired) electrons. The third kappa shape index (κ3) is 5.94. The van der Waals surface area contributed by atoms with Crippen LogP contribution in [0.2, 0.25) is 0 Å². The van der Waals surface area contributed by atoms with Crippen LogP contribution in [0.1, 0.15) is 22.8 Å². The first-order valence-electron chi connectivity index (χ1n) is 10.3. The van der Waals surface area contributed by atoms with Gasteiger partial charge in [-0.1, -0.05) is 42.5 Å². The number of hydrogen-bond acceptors (Lipinski definition) is 5. The van der Waals surface area contributed by atoms with E-state index in [4.69, 9.17) is 4.74 Å². The van der Waals surface area contributed by atoms with Gasteiger partial charge in [-0.15, -0.1) is 0 Å². The van der Waals surface area contributed by atoms with E-state index in [9.17, 15) is 9.59 Å². The number of amides is 1. The summed E-state index contributed by atoms with van der Waals surface area (Å²) in [6.07, 6.45) is 2.93. The maximum atomic E-state index is 12.7. The number of rotatable bonds is 7. The number of ether oxygens (including phenoxy) is 1. The molecule has 1 fully saturated rings. The molecular formula is C24H29N3O3. The van der Waals surface area contributed by atoms with Crippen molar-refractivity contribution in [2.45, 2.75) is 13.5 Å². The Balaban J connectivity index is 1.55. The Morgan fingerprint density at radius 3 is 2.37 bits per heavy atom. The monoisotopic (exact) mass is 407 g/mol. The lowest BCUT2D eigenvalue weighted by Gasteiger charge is -2.34. The number of hydrogen-bond donors (Lipinski definition) is 0. The van der Waals surface area contributed by atoms with Crippen LogP contribution in [0, 0.1) is 0 Å². The van der Waals surface area contributed by atoms with Crippen LogP contribution in [0.4, 0.5) is 4.79 Å². The number of allylic oxidation sites excluding steroid dienone is 1. The van der Waals surface area contributed by atoms with Crippen LogP contribution in [0.25, 0.3) is 0 Å². The smallest absolute Gasteiger partial charge is 0.409 e. The standard InChI is InChI=1S/C24H29N3O3/c1-3-25(2)24(29)30-23-12-8-7-11-21(23)22(28)13-14-26-15-17-27(18-16-26)19-20-9-5-4-6-10-20/h4-14H,3,15-19H2,1-2H3. The van der Waals surface area contributed by atoms with E-state index >= 15 is 0 Å². The van der Waals surface area contributed by atoms with Gasteiger partial charge in [0.05, 0.1) is 5.56 Å². The first-order valence-corrected chi connectivity index (χ1v) is 10.3. The van der Waals surface area contributed by atoms with Gasteiger partial charge in [0.15, 0.2) is 5.78 Å². The summed E-state index contributed by atoms with van der Waals surface area (Å²) in [7, 11) is 1.66. The van der Waals surface area contributed by atoms with E-state index in [1.807, 2.05) is 19.2 Å². The zero-order valence-corrected chi connectivity index (χ0v) is 17.7. The van der Waals surface area contributed by atoms with Gasteiger partial charge in [-0.3, -0.25) is 9.69 Å². The Bertz CT molecular complexity index is 874. The predicted molar refractivity (Wildman–Crippen MR) is 118 cm³/mol. The molecule has 2 aromatic carbocycles. The summed E-state index contributed by atoms with van der Waals surface area (Å²) >= 11 is 0. The molecule has 30 heavy (non-hydrogen) atoms. The summed E-state index contributed by atoms with van der Waals surface area (Å²) in [5.41, 5.74) is 1.70. The number of ketones is 1. The number of nitrogens with zero attached hydrogens (tertiary/aromatic N) is 3. The van der Waals surface area contributed by atoms with Crippen LogP contribution in [0.15, 0.2) is 66.9 Å². The van der Waals surface area contributed by atoms with Crippen LogP contribution < -0.4 is 4.74 Å². The molecule has 0 unspecified atom stereocenters. The Labute approximate surface area is 178 Å². The second-order valence-electron chi connectivity index (χ2n) is 7.36. The molecule has 0 bridgehead atoms. The van der Waals surface area contributed by atoms with Crippen LogP contribution in [0.3, 0.4) is 0 Å². The molecule has 3 rings (SSSR count). The normalized spacial score (nSPS) is 14.7. The summed E-state index contributed by atoms with van der Waals surface area (Å²) in [6.45, 7) is 6.98. The van der Waals surface area contributed by atoms with E-state index in [2.05, 4.69) is 34.1 Å². The topological polar surface area (TPSA) is 53.1 Å². The maximum absolute atomic E-state index is 12.7. The predicted octanol–water partition coefficient (Wildman–Crippen LogP) is 3.65. The van der Waals surface area contributed by atoms with Gasteiger partial charge in [0, 0.05) is 58.6 Å². The Morgan fingerprint density at radius 1 is 1.00 bits per heavy atom. The molecule has 0 aromatic heterocycles. The van der Waals surface area contributed by atoms with Gasteiger partial charge in [-0.25, -0.2) is 4.79 Å². The molecule has 0 aliphatic carbocycles. The number of para-hydroxylation sites is 1. The minimum atomic E-state index is -0.476. The van der Waals surface area contributed by atoms with Crippen LogP contribution in [-0.2, 0) is 6.54 Å². The molecule has 0 spiro atoms. The van der Waals surface area contributed by atoms with Crippen LogP contribution in [0.5, 0.6) is 5.75 Å². The van der Waals surface area contributed by atoms with Crippen LogP contribution >= 0.6 is 0 Å². The summed E-state index contributed by atoms with van der Waals surface area (Å²) in [6, 6.07) is 17.3. The molecule has 158 valence electrons. The number of carbonyl (C=O) groups excluding carboxylic acids is 2. The SMILES string of the molecule is CCN(C)C(=O)Oc1ccccc1C(=O)C=CN1CCN(Cc2ccccc2)CC1. The molecule has 6 heteroatoms. The average molecular weight is 408 g/mol. The second-order valence-corrected chi connectivity index (χ2v) is 7.36. The number of carbonyl (C=O) groups is 2. The van der Waals surface area contributed by atoms with Crippen molar-refractivity contribution in [3.8, 4) is 5.75 Å². The van der Waals surface area contributed by atoms with Crippen LogP contribution in [-0.4, -0.2) is 66.3 Å². The van der Waals surface area contributed by atoms with Gasteiger partial charge in [-0.05, 0) is 24.6 Å². The summed E-state index contributed by atoms with van der Waals surface area (Å²) < 4.78 is 5.39. The molecular weight excluding hydrogens is 378 g/mol. The Morgan fingerprint density at radius 2 is 1.67 bits per heavy atom. The van der Waals surface area contributed by atoms with Gasteiger partial charge < -0.3 is 14.5 Å². The number of benzene rings is 2. The van der Waals surface area contributed by atoms with Gasteiger partial charge in [0.2, 0.25) is 0 Å². The highest BCUT2D eigenvalue weighted by molar-refractivity contribution is 6.06. The van der Waals surface area contributed by atoms with E-state index in [1.54, 1.807) is 37.4 Å². The summed E-state index contributed by atoms with van der Waals surface area (Å²) in [4.78, 5) is 30.8. The van der Waals surface area contributed by atoms with E-state index in [0.29, 0.717) is 12.1 Å². The van der Waals surface area contributed by atoms with Crippen molar-refractivity contribution in [2.75, 3.05) is 39.8 Å². The third-order valence-electron chi connectivity index (χ3n) is 5.23. The first-order chi connectivity index (χ1) is 14.6. The highest BCUT2D eigenvalue weighted by atomic mass is 16.6. The van der Waals surface area contributed by atoms with Crippen molar-refractivity contribution in [2.24, 2.45) is 0 Å². The fourth-order valence-corrected chi connectivity index (χ4v) is 3.24. The zero-order valence-electron chi connectivity index (χ0n) is 17.7. The van der Waals surface area contributed by atoms with E-state index in [0.717, 1.165) is 32.7 Å². The minimum absolute atomic E-state index is 0.177. The Kier molecular flexibility index (Phi) is 7.63. The summed E-state index contributed by atoms with van der Waals surface area (Å²) in [5.74, 6) is 0.106. The van der Waals surface area contributed by atoms with E-state index in [1.165, 1.54) is 10.5 Å². The zero-order chi connectivity index (χ0) is 21.3. The fraction of sp³-hybridized carbons (Fsp3) is 0.333. The van der Waals surface area contributed by atoms with E-state index < -0.39 is 6.09 Å². The molecule has 0 saturated carbocycles. The first kappa shape index (κ1) is 21.6. The molecule has 1 aliphatic heterocycles.